The minimum absolute atomic E-state index is 0.0248. The molecule has 7 heteroatoms. The Bertz CT molecular complexity index is 878. The number of hydrogen-bond acceptors (Lipinski definition) is 5. The van der Waals surface area contributed by atoms with Crippen molar-refractivity contribution in [3.8, 4) is 5.75 Å². The number of rotatable bonds is 4. The second-order valence-corrected chi connectivity index (χ2v) is 8.55. The van der Waals surface area contributed by atoms with Crippen molar-refractivity contribution in [2.24, 2.45) is 0 Å². The van der Waals surface area contributed by atoms with E-state index in [1.165, 1.54) is 0 Å². The number of pyridine rings is 1. The largest absolute Gasteiger partial charge is 0.489 e. The van der Waals surface area contributed by atoms with Gasteiger partial charge in [0.2, 0.25) is 0 Å². The summed E-state index contributed by atoms with van der Waals surface area (Å²) < 4.78 is 6.08. The number of hydrogen-bond donors (Lipinski definition) is 0. The second kappa shape index (κ2) is 9.67. The van der Waals surface area contributed by atoms with E-state index in [0.29, 0.717) is 17.3 Å². The van der Waals surface area contributed by atoms with Crippen molar-refractivity contribution < 1.29 is 9.53 Å². The van der Waals surface area contributed by atoms with Gasteiger partial charge in [-0.15, -0.1) is 0 Å². The van der Waals surface area contributed by atoms with Gasteiger partial charge in [-0.1, -0.05) is 23.7 Å². The van der Waals surface area contributed by atoms with Crippen molar-refractivity contribution in [3.05, 3.63) is 53.2 Å². The fraction of sp³-hybridized carbons (Fsp3) is 0.478. The van der Waals surface area contributed by atoms with Gasteiger partial charge in [0.15, 0.2) is 0 Å². The molecule has 2 aromatic rings. The first-order valence-corrected chi connectivity index (χ1v) is 11.1. The maximum Gasteiger partial charge on any atom is 0.272 e. The van der Waals surface area contributed by atoms with Crippen LogP contribution in [0.15, 0.2) is 42.5 Å². The van der Waals surface area contributed by atoms with E-state index in [1.807, 2.05) is 47.4 Å². The Kier molecular flexibility index (Phi) is 6.75. The molecule has 160 valence electrons. The molecule has 1 amide bonds. The van der Waals surface area contributed by atoms with E-state index in [2.05, 4.69) is 16.8 Å². The molecule has 1 unspecified atom stereocenters. The Morgan fingerprint density at radius 1 is 1.07 bits per heavy atom. The van der Waals surface area contributed by atoms with Gasteiger partial charge >= 0.3 is 0 Å². The third-order valence-electron chi connectivity index (χ3n) is 5.76. The summed E-state index contributed by atoms with van der Waals surface area (Å²) in [5.74, 6) is 1.61. The highest BCUT2D eigenvalue weighted by Crippen LogP contribution is 2.23. The smallest absolute Gasteiger partial charge is 0.272 e. The number of anilines is 1. The van der Waals surface area contributed by atoms with Crippen molar-refractivity contribution in [2.75, 3.05) is 51.2 Å². The second-order valence-electron chi connectivity index (χ2n) is 8.12. The molecule has 0 spiro atoms. The first-order chi connectivity index (χ1) is 14.6. The monoisotopic (exact) mass is 428 g/mol. The number of amides is 1. The summed E-state index contributed by atoms with van der Waals surface area (Å²) in [6.07, 6.45) is 2.90. The van der Waals surface area contributed by atoms with Crippen molar-refractivity contribution >= 4 is 23.3 Å². The van der Waals surface area contributed by atoms with Gasteiger partial charge in [-0.05, 0) is 63.2 Å². The highest BCUT2D eigenvalue weighted by Gasteiger charge is 2.27. The first kappa shape index (κ1) is 20.9. The number of likely N-dealkylation sites (tertiary alicyclic amines) is 1. The van der Waals surface area contributed by atoms with Crippen molar-refractivity contribution in [1.82, 2.24) is 14.8 Å². The average Bonchev–Trinajstić information content (AvgIpc) is 2.98. The maximum absolute atomic E-state index is 13.2. The Morgan fingerprint density at radius 3 is 2.80 bits per heavy atom. The number of likely N-dealkylation sites (N-methyl/N-ethyl adjacent to an activating group) is 1. The minimum atomic E-state index is -0.0366. The molecule has 0 bridgehead atoms. The van der Waals surface area contributed by atoms with E-state index in [-0.39, 0.29) is 12.0 Å². The van der Waals surface area contributed by atoms with Gasteiger partial charge in [-0.3, -0.25) is 4.79 Å². The van der Waals surface area contributed by atoms with E-state index >= 15 is 0 Å². The SMILES string of the molecule is CN1CCCN(c2cccc(C(=O)N3CCCC(Oc4cccc(Cl)c4)C3)n2)CC1. The highest BCUT2D eigenvalue weighted by molar-refractivity contribution is 6.30. The van der Waals surface area contributed by atoms with Crippen molar-refractivity contribution in [3.63, 3.8) is 0 Å². The van der Waals surface area contributed by atoms with Crippen LogP contribution < -0.4 is 9.64 Å². The fourth-order valence-electron chi connectivity index (χ4n) is 4.11. The number of piperidine rings is 1. The van der Waals surface area contributed by atoms with Crippen LogP contribution in [-0.4, -0.2) is 73.1 Å². The van der Waals surface area contributed by atoms with E-state index in [4.69, 9.17) is 21.3 Å². The normalized spacial score (nSPS) is 20.7. The standard InChI is InChI=1S/C23H29ClN4O2/c1-26-11-5-13-27(15-14-26)22-10-3-9-21(25-22)23(29)28-12-4-8-20(17-28)30-19-7-2-6-18(24)16-19/h2-3,6-7,9-10,16,20H,4-5,8,11-15,17H2,1H3. The predicted molar refractivity (Wildman–Crippen MR) is 120 cm³/mol. The third kappa shape index (κ3) is 5.24. The zero-order chi connectivity index (χ0) is 20.9. The van der Waals surface area contributed by atoms with Crippen LogP contribution in [-0.2, 0) is 0 Å². The molecule has 1 atom stereocenters. The quantitative estimate of drug-likeness (QED) is 0.745. The first-order valence-electron chi connectivity index (χ1n) is 10.7. The molecule has 2 aliphatic rings. The van der Waals surface area contributed by atoms with Crippen LogP contribution in [0.25, 0.3) is 0 Å². The van der Waals surface area contributed by atoms with Gasteiger partial charge in [-0.25, -0.2) is 4.98 Å². The van der Waals surface area contributed by atoms with Crippen LogP contribution in [0.2, 0.25) is 5.02 Å². The third-order valence-corrected chi connectivity index (χ3v) is 6.00. The average molecular weight is 429 g/mol. The Labute approximate surface area is 183 Å². The summed E-state index contributed by atoms with van der Waals surface area (Å²) in [4.78, 5) is 24.4. The number of aromatic nitrogens is 1. The lowest BCUT2D eigenvalue weighted by atomic mass is 10.1. The molecular weight excluding hydrogens is 400 g/mol. The van der Waals surface area contributed by atoms with Gasteiger partial charge in [-0.2, -0.15) is 0 Å². The van der Waals surface area contributed by atoms with Crippen LogP contribution in [0.1, 0.15) is 29.8 Å². The highest BCUT2D eigenvalue weighted by atomic mass is 35.5. The van der Waals surface area contributed by atoms with Gasteiger partial charge in [0.1, 0.15) is 23.4 Å². The number of ether oxygens (including phenoxy) is 1. The molecule has 30 heavy (non-hydrogen) atoms. The van der Waals surface area contributed by atoms with Crippen LogP contribution >= 0.6 is 11.6 Å². The van der Waals surface area contributed by atoms with Crippen molar-refractivity contribution in [1.29, 1.82) is 0 Å². The van der Waals surface area contributed by atoms with Gasteiger partial charge in [0.25, 0.3) is 5.91 Å². The zero-order valence-corrected chi connectivity index (χ0v) is 18.2. The van der Waals surface area contributed by atoms with E-state index in [0.717, 1.165) is 63.6 Å². The van der Waals surface area contributed by atoms with Crippen molar-refractivity contribution in [2.45, 2.75) is 25.4 Å². The van der Waals surface area contributed by atoms with Crippen LogP contribution in [0, 0.1) is 0 Å². The fourth-order valence-corrected chi connectivity index (χ4v) is 4.29. The Balaban J connectivity index is 1.42. The van der Waals surface area contributed by atoms with E-state index in [1.54, 1.807) is 0 Å². The lowest BCUT2D eigenvalue weighted by molar-refractivity contribution is 0.0533. The molecule has 1 aromatic carbocycles. The molecule has 0 saturated carbocycles. The van der Waals surface area contributed by atoms with Crippen LogP contribution in [0.3, 0.4) is 0 Å². The zero-order valence-electron chi connectivity index (χ0n) is 17.5. The predicted octanol–water partition coefficient (Wildman–Crippen LogP) is 3.56. The summed E-state index contributed by atoms with van der Waals surface area (Å²) in [7, 11) is 2.15. The number of benzene rings is 1. The number of nitrogens with zero attached hydrogens (tertiary/aromatic N) is 4. The van der Waals surface area contributed by atoms with E-state index in [9.17, 15) is 4.79 Å². The van der Waals surface area contributed by atoms with Gasteiger partial charge in [0, 0.05) is 31.2 Å². The number of carbonyl (C=O) groups is 1. The van der Waals surface area contributed by atoms with E-state index < -0.39 is 0 Å². The number of halogens is 1. The molecule has 2 aliphatic heterocycles. The Hall–Kier alpha value is -2.31. The summed E-state index contributed by atoms with van der Waals surface area (Å²) in [6.45, 7) is 5.29. The molecule has 6 nitrogen and oxygen atoms in total. The maximum atomic E-state index is 13.2. The molecular formula is C23H29ClN4O2. The molecule has 0 N–H and O–H groups in total. The molecule has 0 aliphatic carbocycles. The topological polar surface area (TPSA) is 48.9 Å². The molecule has 0 radical (unpaired) electrons. The lowest BCUT2D eigenvalue weighted by Gasteiger charge is -2.33. The summed E-state index contributed by atoms with van der Waals surface area (Å²) >= 11 is 6.06. The molecule has 2 saturated heterocycles. The van der Waals surface area contributed by atoms with Crippen LogP contribution in [0.5, 0.6) is 5.75 Å². The molecule has 2 fully saturated rings. The molecule has 3 heterocycles. The summed E-state index contributed by atoms with van der Waals surface area (Å²) in [6, 6.07) is 13.2. The van der Waals surface area contributed by atoms with Gasteiger partial charge < -0.3 is 19.4 Å². The summed E-state index contributed by atoms with van der Waals surface area (Å²) in [5.41, 5.74) is 0.508. The molecule has 1 aromatic heterocycles. The Morgan fingerprint density at radius 2 is 1.93 bits per heavy atom. The van der Waals surface area contributed by atoms with Crippen LogP contribution in [0.4, 0.5) is 5.82 Å². The minimum Gasteiger partial charge on any atom is -0.489 e. The summed E-state index contributed by atoms with van der Waals surface area (Å²) in [5, 5.41) is 0.650. The van der Waals surface area contributed by atoms with Gasteiger partial charge in [0.05, 0.1) is 6.54 Å². The molecule has 4 rings (SSSR count). The number of carbonyl (C=O) groups excluding carboxylic acids is 1. The lowest BCUT2D eigenvalue weighted by Crippen LogP contribution is -2.44.